The van der Waals surface area contributed by atoms with E-state index in [1.54, 1.807) is 6.26 Å². The largest absolute Gasteiger partial charge is 0.432 e. The third-order valence-corrected chi connectivity index (χ3v) is 4.10. The molecule has 1 fully saturated rings. The lowest BCUT2D eigenvalue weighted by Crippen LogP contribution is -2.36. The third-order valence-electron chi connectivity index (χ3n) is 4.10. The van der Waals surface area contributed by atoms with Crippen molar-refractivity contribution < 1.29 is 4.42 Å². The maximum Gasteiger partial charge on any atom is 0.297 e. The van der Waals surface area contributed by atoms with Gasteiger partial charge in [-0.2, -0.15) is 4.98 Å². The first-order valence-corrected chi connectivity index (χ1v) is 7.77. The van der Waals surface area contributed by atoms with Crippen molar-refractivity contribution in [2.45, 2.75) is 71.5 Å². The molecule has 2 atom stereocenters. The van der Waals surface area contributed by atoms with Crippen LogP contribution in [0, 0.1) is 5.92 Å². The summed E-state index contributed by atoms with van der Waals surface area (Å²) < 4.78 is 5.65. The number of oxazole rings is 1. The second-order valence-electron chi connectivity index (χ2n) is 7.26. The third kappa shape index (κ3) is 4.23. The summed E-state index contributed by atoms with van der Waals surface area (Å²) >= 11 is 0. The Kier molecular flexibility index (Phi) is 4.74. The molecule has 20 heavy (non-hydrogen) atoms. The predicted molar refractivity (Wildman–Crippen MR) is 82.9 cm³/mol. The van der Waals surface area contributed by atoms with Crippen molar-refractivity contribution in [3.63, 3.8) is 0 Å². The lowest BCUT2D eigenvalue weighted by molar-refractivity contribution is 0.327. The van der Waals surface area contributed by atoms with Gasteiger partial charge in [-0.3, -0.25) is 0 Å². The van der Waals surface area contributed by atoms with Crippen LogP contribution in [-0.2, 0) is 6.54 Å². The predicted octanol–water partition coefficient (Wildman–Crippen LogP) is 3.58. The first-order chi connectivity index (χ1) is 9.35. The van der Waals surface area contributed by atoms with Gasteiger partial charge >= 0.3 is 0 Å². The number of nitrogens with zero attached hydrogens (tertiary/aromatic N) is 2. The molecule has 0 bridgehead atoms. The zero-order valence-electron chi connectivity index (χ0n) is 13.6. The Morgan fingerprint density at radius 2 is 2.15 bits per heavy atom. The molecule has 1 aromatic heterocycles. The molecule has 4 heteroatoms. The number of rotatable bonds is 4. The van der Waals surface area contributed by atoms with E-state index in [0.29, 0.717) is 6.04 Å². The van der Waals surface area contributed by atoms with Crippen LogP contribution < -0.4 is 10.2 Å². The SMILES string of the molecule is CC1CCCC(N(C)c2nc(CNC(C)(C)C)co2)C1. The number of anilines is 1. The van der Waals surface area contributed by atoms with Gasteiger partial charge in [0.15, 0.2) is 0 Å². The van der Waals surface area contributed by atoms with Crippen LogP contribution in [0.25, 0.3) is 0 Å². The average Bonchev–Trinajstić information content (AvgIpc) is 2.83. The van der Waals surface area contributed by atoms with Gasteiger partial charge in [0, 0.05) is 25.2 Å². The quantitative estimate of drug-likeness (QED) is 0.914. The Hall–Kier alpha value is -1.03. The zero-order valence-corrected chi connectivity index (χ0v) is 13.6. The van der Waals surface area contributed by atoms with Gasteiger partial charge in [-0.25, -0.2) is 0 Å². The fourth-order valence-electron chi connectivity index (χ4n) is 2.81. The Labute approximate surface area is 122 Å². The lowest BCUT2D eigenvalue weighted by Gasteiger charge is -2.33. The molecule has 0 spiro atoms. The summed E-state index contributed by atoms with van der Waals surface area (Å²) in [5.74, 6) is 0.813. The summed E-state index contributed by atoms with van der Waals surface area (Å²) in [6, 6.07) is 1.33. The topological polar surface area (TPSA) is 41.3 Å². The molecule has 2 unspecified atom stereocenters. The molecular formula is C16H29N3O. The fraction of sp³-hybridized carbons (Fsp3) is 0.812. The highest BCUT2D eigenvalue weighted by Gasteiger charge is 2.25. The van der Waals surface area contributed by atoms with Crippen LogP contribution in [0.3, 0.4) is 0 Å². The highest BCUT2D eigenvalue weighted by atomic mass is 16.4. The van der Waals surface area contributed by atoms with E-state index in [4.69, 9.17) is 4.42 Å². The molecule has 1 aliphatic rings. The van der Waals surface area contributed by atoms with E-state index in [0.717, 1.165) is 24.2 Å². The molecule has 0 radical (unpaired) electrons. The summed E-state index contributed by atoms with van der Waals surface area (Å²) in [7, 11) is 2.11. The minimum absolute atomic E-state index is 0.101. The van der Waals surface area contributed by atoms with Crippen molar-refractivity contribution >= 4 is 6.01 Å². The molecule has 0 saturated heterocycles. The summed E-state index contributed by atoms with van der Waals surface area (Å²) in [6.07, 6.45) is 6.94. The van der Waals surface area contributed by atoms with Gasteiger partial charge in [0.2, 0.25) is 0 Å². The van der Waals surface area contributed by atoms with Crippen LogP contribution in [0.4, 0.5) is 6.01 Å². The normalized spacial score (nSPS) is 23.9. The van der Waals surface area contributed by atoms with Gasteiger partial charge in [-0.1, -0.05) is 19.8 Å². The molecule has 0 aromatic carbocycles. The van der Waals surface area contributed by atoms with Crippen molar-refractivity contribution in [2.24, 2.45) is 5.92 Å². The van der Waals surface area contributed by atoms with E-state index in [-0.39, 0.29) is 5.54 Å². The van der Waals surface area contributed by atoms with E-state index < -0.39 is 0 Å². The van der Waals surface area contributed by atoms with Gasteiger partial charge < -0.3 is 14.6 Å². The molecule has 1 N–H and O–H groups in total. The minimum Gasteiger partial charge on any atom is -0.432 e. The highest BCUT2D eigenvalue weighted by Crippen LogP contribution is 2.29. The molecule has 1 saturated carbocycles. The van der Waals surface area contributed by atoms with Gasteiger partial charge in [0.1, 0.15) is 6.26 Å². The summed E-state index contributed by atoms with van der Waals surface area (Å²) in [6.45, 7) is 9.56. The second kappa shape index (κ2) is 6.17. The van der Waals surface area contributed by atoms with Crippen LogP contribution in [0.15, 0.2) is 10.7 Å². The molecule has 1 aromatic rings. The maximum atomic E-state index is 5.65. The van der Waals surface area contributed by atoms with E-state index in [2.05, 4.69) is 49.9 Å². The van der Waals surface area contributed by atoms with E-state index >= 15 is 0 Å². The second-order valence-corrected chi connectivity index (χ2v) is 7.26. The number of aromatic nitrogens is 1. The van der Waals surface area contributed by atoms with Crippen molar-refractivity contribution in [2.75, 3.05) is 11.9 Å². The molecule has 0 amide bonds. The van der Waals surface area contributed by atoms with Gasteiger partial charge in [0.05, 0.1) is 5.69 Å². The summed E-state index contributed by atoms with van der Waals surface area (Å²) in [5.41, 5.74) is 1.08. The number of hydrogen-bond donors (Lipinski definition) is 1. The standard InChI is InChI=1S/C16H29N3O/c1-12-7-6-8-14(9-12)19(5)15-18-13(11-20-15)10-17-16(2,3)4/h11-12,14,17H,6-10H2,1-5H3. The monoisotopic (exact) mass is 279 g/mol. The lowest BCUT2D eigenvalue weighted by atomic mass is 9.86. The van der Waals surface area contributed by atoms with Crippen molar-refractivity contribution in [3.8, 4) is 0 Å². The smallest absolute Gasteiger partial charge is 0.297 e. The van der Waals surface area contributed by atoms with Gasteiger partial charge in [0.25, 0.3) is 6.01 Å². The molecule has 1 heterocycles. The molecule has 2 rings (SSSR count). The van der Waals surface area contributed by atoms with Crippen molar-refractivity contribution in [3.05, 3.63) is 12.0 Å². The van der Waals surface area contributed by atoms with E-state index in [9.17, 15) is 0 Å². The molecule has 4 nitrogen and oxygen atoms in total. The molecule has 114 valence electrons. The van der Waals surface area contributed by atoms with Crippen LogP contribution in [0.2, 0.25) is 0 Å². The Morgan fingerprint density at radius 3 is 2.80 bits per heavy atom. The van der Waals surface area contributed by atoms with Crippen molar-refractivity contribution in [1.82, 2.24) is 10.3 Å². The maximum absolute atomic E-state index is 5.65. The summed E-state index contributed by atoms with van der Waals surface area (Å²) in [5, 5.41) is 3.44. The first-order valence-electron chi connectivity index (χ1n) is 7.77. The molecule has 1 aliphatic carbocycles. The van der Waals surface area contributed by atoms with Crippen molar-refractivity contribution in [1.29, 1.82) is 0 Å². The van der Waals surface area contributed by atoms with E-state index in [1.165, 1.54) is 25.7 Å². The van der Waals surface area contributed by atoms with E-state index in [1.807, 2.05) is 0 Å². The van der Waals surface area contributed by atoms with Gasteiger partial charge in [-0.15, -0.1) is 0 Å². The zero-order chi connectivity index (χ0) is 14.8. The Balaban J connectivity index is 1.93. The van der Waals surface area contributed by atoms with Crippen LogP contribution in [0.5, 0.6) is 0 Å². The van der Waals surface area contributed by atoms with Crippen LogP contribution >= 0.6 is 0 Å². The molecular weight excluding hydrogens is 250 g/mol. The molecule has 0 aliphatic heterocycles. The Morgan fingerprint density at radius 1 is 1.40 bits per heavy atom. The summed E-state index contributed by atoms with van der Waals surface area (Å²) in [4.78, 5) is 6.83. The minimum atomic E-state index is 0.101. The first kappa shape index (κ1) is 15.4. The highest BCUT2D eigenvalue weighted by molar-refractivity contribution is 5.27. The average molecular weight is 279 g/mol. The van der Waals surface area contributed by atoms with Crippen LogP contribution in [-0.4, -0.2) is 23.6 Å². The fourth-order valence-corrected chi connectivity index (χ4v) is 2.81. The number of nitrogens with one attached hydrogen (secondary N) is 1. The Bertz CT molecular complexity index is 422. The van der Waals surface area contributed by atoms with Crippen LogP contribution in [0.1, 0.15) is 59.1 Å². The van der Waals surface area contributed by atoms with Gasteiger partial charge in [-0.05, 0) is 39.5 Å². The number of hydrogen-bond acceptors (Lipinski definition) is 4.